The Hall–Kier alpha value is -0.680. The number of halogens is 2. The van der Waals surface area contributed by atoms with Gasteiger partial charge in [-0.1, -0.05) is 13.8 Å². The number of phenols is 1. The average molecular weight is 365 g/mol. The van der Waals surface area contributed by atoms with Crippen molar-refractivity contribution in [1.29, 1.82) is 0 Å². The van der Waals surface area contributed by atoms with Crippen molar-refractivity contribution < 1.29 is 9.84 Å². The molecule has 1 atom stereocenters. The van der Waals surface area contributed by atoms with Gasteiger partial charge in [-0.15, -0.1) is 24.8 Å². The van der Waals surface area contributed by atoms with Crippen molar-refractivity contribution in [3.63, 3.8) is 0 Å². The third-order valence-corrected chi connectivity index (χ3v) is 4.20. The smallest absolute Gasteiger partial charge is 0.120 e. The van der Waals surface area contributed by atoms with Gasteiger partial charge in [-0.25, -0.2) is 0 Å². The van der Waals surface area contributed by atoms with Crippen molar-refractivity contribution in [3.05, 3.63) is 23.8 Å². The molecule has 1 aromatic carbocycles. The first-order valence-electron chi connectivity index (χ1n) is 7.93. The highest BCUT2D eigenvalue weighted by Gasteiger charge is 2.25. The maximum absolute atomic E-state index is 10.3. The van der Waals surface area contributed by atoms with Gasteiger partial charge in [0.1, 0.15) is 11.5 Å². The van der Waals surface area contributed by atoms with E-state index in [1.165, 1.54) is 0 Å². The molecule has 0 aromatic heterocycles. The third kappa shape index (κ3) is 6.38. The SMILES string of the molecule is COc1ccc(O)c([C@H](CCC(C)C)N2CCNCC2)c1.Cl.Cl. The normalized spacial score (nSPS) is 16.3. The van der Waals surface area contributed by atoms with Gasteiger partial charge in [0.05, 0.1) is 7.11 Å². The lowest BCUT2D eigenvalue weighted by atomic mass is 9.95. The standard InChI is InChI=1S/C17H28N2O2.2ClH/c1-13(2)4-6-16(19-10-8-18-9-11-19)15-12-14(21-3)5-7-17(15)20;;/h5,7,12-13,16,18,20H,4,6,8-11H2,1-3H3;2*1H/t16-;;/m0../s1. The molecule has 1 fully saturated rings. The van der Waals surface area contributed by atoms with E-state index in [0.29, 0.717) is 11.7 Å². The molecule has 6 heteroatoms. The van der Waals surface area contributed by atoms with Gasteiger partial charge in [-0.05, 0) is 37.0 Å². The zero-order chi connectivity index (χ0) is 15.2. The van der Waals surface area contributed by atoms with Crippen LogP contribution in [-0.2, 0) is 0 Å². The lowest BCUT2D eigenvalue weighted by molar-refractivity contribution is 0.157. The van der Waals surface area contributed by atoms with E-state index in [1.807, 2.05) is 12.1 Å². The first-order valence-corrected chi connectivity index (χ1v) is 7.93. The third-order valence-electron chi connectivity index (χ3n) is 4.20. The number of aromatic hydroxyl groups is 1. The van der Waals surface area contributed by atoms with Crippen molar-refractivity contribution in [2.45, 2.75) is 32.7 Å². The predicted molar refractivity (Wildman–Crippen MR) is 100 cm³/mol. The molecule has 0 bridgehead atoms. The maximum Gasteiger partial charge on any atom is 0.120 e. The fraction of sp³-hybridized carbons (Fsp3) is 0.647. The molecule has 0 radical (unpaired) electrons. The number of methoxy groups -OCH3 is 1. The molecule has 0 unspecified atom stereocenters. The van der Waals surface area contributed by atoms with Gasteiger partial charge in [0.25, 0.3) is 0 Å². The Morgan fingerprint density at radius 3 is 2.39 bits per heavy atom. The zero-order valence-electron chi connectivity index (χ0n) is 14.2. The van der Waals surface area contributed by atoms with Crippen LogP contribution in [0.15, 0.2) is 18.2 Å². The Kier molecular flexibility index (Phi) is 10.7. The Balaban J connectivity index is 0.00000242. The second-order valence-electron chi connectivity index (χ2n) is 6.20. The van der Waals surface area contributed by atoms with Crippen molar-refractivity contribution in [3.8, 4) is 11.5 Å². The van der Waals surface area contributed by atoms with Crippen LogP contribution in [0.2, 0.25) is 0 Å². The quantitative estimate of drug-likeness (QED) is 0.808. The minimum atomic E-state index is 0. The van der Waals surface area contributed by atoms with Crippen LogP contribution in [0.25, 0.3) is 0 Å². The summed E-state index contributed by atoms with van der Waals surface area (Å²) in [6, 6.07) is 5.82. The Morgan fingerprint density at radius 1 is 1.17 bits per heavy atom. The molecule has 0 aliphatic carbocycles. The maximum atomic E-state index is 10.3. The Bertz CT molecular complexity index is 452. The minimum Gasteiger partial charge on any atom is -0.508 e. The highest BCUT2D eigenvalue weighted by molar-refractivity contribution is 5.85. The summed E-state index contributed by atoms with van der Waals surface area (Å²) in [6.07, 6.45) is 2.23. The molecule has 1 aliphatic heterocycles. The summed E-state index contributed by atoms with van der Waals surface area (Å²) in [7, 11) is 1.67. The van der Waals surface area contributed by atoms with Gasteiger partial charge in [-0.2, -0.15) is 0 Å². The molecule has 1 aliphatic rings. The van der Waals surface area contributed by atoms with Crippen molar-refractivity contribution in [2.24, 2.45) is 5.92 Å². The molecule has 0 saturated carbocycles. The van der Waals surface area contributed by atoms with Crippen LogP contribution in [0.1, 0.15) is 38.3 Å². The second kappa shape index (κ2) is 11.0. The molecule has 1 saturated heterocycles. The number of nitrogens with zero attached hydrogens (tertiary/aromatic N) is 1. The van der Waals surface area contributed by atoms with Crippen LogP contribution in [0.5, 0.6) is 11.5 Å². The number of nitrogens with one attached hydrogen (secondary N) is 1. The summed E-state index contributed by atoms with van der Waals surface area (Å²) < 4.78 is 5.33. The molecular formula is C17H30Cl2N2O2. The van der Waals surface area contributed by atoms with E-state index >= 15 is 0 Å². The summed E-state index contributed by atoms with van der Waals surface area (Å²) in [5.41, 5.74) is 0.997. The molecule has 2 N–H and O–H groups in total. The predicted octanol–water partition coefficient (Wildman–Crippen LogP) is 3.63. The van der Waals surface area contributed by atoms with E-state index in [9.17, 15) is 5.11 Å². The summed E-state index contributed by atoms with van der Waals surface area (Å²) in [5, 5.41) is 13.7. The Labute approximate surface area is 152 Å². The van der Waals surface area contributed by atoms with E-state index in [4.69, 9.17) is 4.74 Å². The lowest BCUT2D eigenvalue weighted by Gasteiger charge is -2.36. The largest absolute Gasteiger partial charge is 0.508 e. The van der Waals surface area contributed by atoms with Crippen LogP contribution in [-0.4, -0.2) is 43.3 Å². The van der Waals surface area contributed by atoms with E-state index in [0.717, 1.165) is 50.3 Å². The summed E-state index contributed by atoms with van der Waals surface area (Å²) in [6.45, 7) is 8.59. The van der Waals surface area contributed by atoms with Crippen molar-refractivity contribution >= 4 is 24.8 Å². The van der Waals surface area contributed by atoms with Gasteiger partial charge in [0, 0.05) is 37.8 Å². The number of piperazine rings is 1. The van der Waals surface area contributed by atoms with Crippen LogP contribution < -0.4 is 10.1 Å². The highest BCUT2D eigenvalue weighted by atomic mass is 35.5. The number of phenolic OH excluding ortho intramolecular Hbond substituents is 1. The minimum absolute atomic E-state index is 0. The van der Waals surface area contributed by atoms with E-state index in [-0.39, 0.29) is 30.9 Å². The number of rotatable bonds is 6. The number of hydrogen-bond donors (Lipinski definition) is 2. The number of hydrogen-bond acceptors (Lipinski definition) is 4. The van der Waals surface area contributed by atoms with Gasteiger partial charge >= 0.3 is 0 Å². The molecule has 4 nitrogen and oxygen atoms in total. The number of ether oxygens (including phenoxy) is 1. The summed E-state index contributed by atoms with van der Waals surface area (Å²) in [4.78, 5) is 2.48. The van der Waals surface area contributed by atoms with Crippen LogP contribution in [0.3, 0.4) is 0 Å². The molecule has 0 amide bonds. The average Bonchev–Trinajstić information content (AvgIpc) is 2.50. The Morgan fingerprint density at radius 2 is 1.83 bits per heavy atom. The second-order valence-corrected chi connectivity index (χ2v) is 6.20. The molecular weight excluding hydrogens is 335 g/mol. The lowest BCUT2D eigenvalue weighted by Crippen LogP contribution is -2.45. The van der Waals surface area contributed by atoms with Crippen molar-refractivity contribution in [1.82, 2.24) is 10.2 Å². The zero-order valence-corrected chi connectivity index (χ0v) is 15.9. The van der Waals surface area contributed by atoms with Crippen LogP contribution in [0, 0.1) is 5.92 Å². The fourth-order valence-electron chi connectivity index (χ4n) is 2.95. The van der Waals surface area contributed by atoms with Crippen LogP contribution >= 0.6 is 24.8 Å². The topological polar surface area (TPSA) is 44.7 Å². The molecule has 1 heterocycles. The first kappa shape index (κ1) is 22.3. The summed E-state index contributed by atoms with van der Waals surface area (Å²) in [5.74, 6) is 1.86. The molecule has 23 heavy (non-hydrogen) atoms. The van der Waals surface area contributed by atoms with Gasteiger partial charge in [-0.3, -0.25) is 4.90 Å². The van der Waals surface area contributed by atoms with E-state index < -0.39 is 0 Å². The van der Waals surface area contributed by atoms with Crippen LogP contribution in [0.4, 0.5) is 0 Å². The van der Waals surface area contributed by atoms with Gasteiger partial charge in [0.2, 0.25) is 0 Å². The summed E-state index contributed by atoms with van der Waals surface area (Å²) >= 11 is 0. The number of benzene rings is 1. The molecule has 2 rings (SSSR count). The molecule has 0 spiro atoms. The molecule has 134 valence electrons. The highest BCUT2D eigenvalue weighted by Crippen LogP contribution is 2.35. The molecule has 1 aromatic rings. The fourth-order valence-corrected chi connectivity index (χ4v) is 2.95. The monoisotopic (exact) mass is 364 g/mol. The van der Waals surface area contributed by atoms with Gasteiger partial charge < -0.3 is 15.2 Å². The van der Waals surface area contributed by atoms with E-state index in [1.54, 1.807) is 13.2 Å². The van der Waals surface area contributed by atoms with Crippen molar-refractivity contribution in [2.75, 3.05) is 33.3 Å². The first-order chi connectivity index (χ1) is 10.1. The van der Waals surface area contributed by atoms with Gasteiger partial charge in [0.15, 0.2) is 0 Å². The van der Waals surface area contributed by atoms with E-state index in [2.05, 4.69) is 24.1 Å².